The zero-order valence-electron chi connectivity index (χ0n) is 10.9. The van der Waals surface area contributed by atoms with Crippen LogP contribution < -0.4 is 0 Å². The lowest BCUT2D eigenvalue weighted by Gasteiger charge is -2.20. The molecule has 1 unspecified atom stereocenters. The van der Waals surface area contributed by atoms with Crippen molar-refractivity contribution >= 4 is 5.78 Å². The second-order valence-electron chi connectivity index (χ2n) is 5.27. The molecule has 0 spiro atoms. The molecule has 0 fully saturated rings. The number of rotatable bonds is 1. The topological polar surface area (TPSA) is 17.1 Å². The van der Waals surface area contributed by atoms with E-state index in [0.717, 1.165) is 32.1 Å². The third kappa shape index (κ3) is 3.96. The normalized spacial score (nSPS) is 31.7. The van der Waals surface area contributed by atoms with E-state index in [1.165, 1.54) is 11.1 Å². The van der Waals surface area contributed by atoms with Gasteiger partial charge < -0.3 is 0 Å². The molecule has 1 aliphatic rings. The van der Waals surface area contributed by atoms with Gasteiger partial charge in [0.2, 0.25) is 0 Å². The summed E-state index contributed by atoms with van der Waals surface area (Å²) in [6.07, 6.45) is 7.17. The van der Waals surface area contributed by atoms with E-state index in [1.54, 1.807) is 0 Å². The summed E-state index contributed by atoms with van der Waals surface area (Å²) in [4.78, 5) is 11.8. The van der Waals surface area contributed by atoms with Crippen LogP contribution in [0.1, 0.15) is 52.9 Å². The Balaban J connectivity index is 2.74. The fraction of sp³-hybridized carbons (Fsp3) is 0.667. The summed E-state index contributed by atoms with van der Waals surface area (Å²) >= 11 is 0. The highest BCUT2D eigenvalue weighted by molar-refractivity contribution is 5.80. The zero-order chi connectivity index (χ0) is 12.1. The standard InChI is InChI=1S/C15H24O/c1-11(2)14-8-5-12(3)6-10-15(16)13(4)7-9-14/h5,13-14H,1,6-10H2,2-4H3/b12-5-/t13?,14-/m0/s1. The zero-order valence-corrected chi connectivity index (χ0v) is 10.9. The Morgan fingerprint density at radius 3 is 2.69 bits per heavy atom. The smallest absolute Gasteiger partial charge is 0.136 e. The van der Waals surface area contributed by atoms with Crippen molar-refractivity contribution in [3.63, 3.8) is 0 Å². The van der Waals surface area contributed by atoms with Crippen molar-refractivity contribution in [1.82, 2.24) is 0 Å². The second kappa shape index (κ2) is 6.03. The van der Waals surface area contributed by atoms with E-state index in [2.05, 4.69) is 33.4 Å². The first kappa shape index (κ1) is 13.2. The average Bonchev–Trinajstić information content (AvgIpc) is 2.23. The predicted octanol–water partition coefficient (Wildman–Crippen LogP) is 4.29. The number of ketones is 1. The summed E-state index contributed by atoms with van der Waals surface area (Å²) in [6.45, 7) is 10.4. The van der Waals surface area contributed by atoms with Crippen molar-refractivity contribution < 1.29 is 4.79 Å². The van der Waals surface area contributed by atoms with E-state index in [1.807, 2.05) is 0 Å². The van der Waals surface area contributed by atoms with Gasteiger partial charge in [-0.1, -0.05) is 30.7 Å². The minimum atomic E-state index is 0.229. The average molecular weight is 220 g/mol. The Morgan fingerprint density at radius 1 is 1.38 bits per heavy atom. The van der Waals surface area contributed by atoms with E-state index in [4.69, 9.17) is 0 Å². The molecule has 0 radical (unpaired) electrons. The van der Waals surface area contributed by atoms with Gasteiger partial charge in [0.25, 0.3) is 0 Å². The molecule has 1 aliphatic carbocycles. The summed E-state index contributed by atoms with van der Waals surface area (Å²) < 4.78 is 0. The Bertz CT molecular complexity index is 299. The van der Waals surface area contributed by atoms with Crippen LogP contribution in [0.25, 0.3) is 0 Å². The molecule has 2 atom stereocenters. The van der Waals surface area contributed by atoms with Crippen molar-refractivity contribution in [2.45, 2.75) is 52.9 Å². The summed E-state index contributed by atoms with van der Waals surface area (Å²) in [5, 5.41) is 0. The largest absolute Gasteiger partial charge is 0.299 e. The Hall–Kier alpha value is -0.850. The molecule has 1 heteroatoms. The van der Waals surface area contributed by atoms with Gasteiger partial charge in [-0.2, -0.15) is 0 Å². The van der Waals surface area contributed by atoms with Crippen LogP contribution in [0.15, 0.2) is 23.8 Å². The van der Waals surface area contributed by atoms with Crippen LogP contribution in [-0.4, -0.2) is 5.78 Å². The van der Waals surface area contributed by atoms with E-state index in [-0.39, 0.29) is 5.92 Å². The van der Waals surface area contributed by atoms with Crippen LogP contribution in [0.5, 0.6) is 0 Å². The molecule has 0 saturated heterocycles. The molecule has 16 heavy (non-hydrogen) atoms. The first-order valence-corrected chi connectivity index (χ1v) is 6.34. The molecule has 0 aromatic carbocycles. The van der Waals surface area contributed by atoms with Crippen LogP contribution in [0.3, 0.4) is 0 Å². The van der Waals surface area contributed by atoms with Gasteiger partial charge in [0.15, 0.2) is 0 Å². The van der Waals surface area contributed by atoms with Gasteiger partial charge >= 0.3 is 0 Å². The first-order valence-electron chi connectivity index (χ1n) is 6.34. The van der Waals surface area contributed by atoms with E-state index >= 15 is 0 Å². The number of hydrogen-bond acceptors (Lipinski definition) is 1. The maximum absolute atomic E-state index is 11.8. The number of Topliss-reactive ketones (excluding diaryl/α,β-unsaturated/α-hetero) is 1. The van der Waals surface area contributed by atoms with E-state index < -0.39 is 0 Å². The first-order chi connectivity index (χ1) is 7.50. The number of hydrogen-bond donors (Lipinski definition) is 0. The highest BCUT2D eigenvalue weighted by Gasteiger charge is 2.17. The third-order valence-corrected chi connectivity index (χ3v) is 3.71. The van der Waals surface area contributed by atoms with Crippen molar-refractivity contribution in [3.05, 3.63) is 23.8 Å². The van der Waals surface area contributed by atoms with Crippen LogP contribution in [0, 0.1) is 11.8 Å². The number of allylic oxidation sites excluding steroid dienone is 3. The minimum absolute atomic E-state index is 0.229. The molecular weight excluding hydrogens is 196 g/mol. The van der Waals surface area contributed by atoms with Crippen LogP contribution >= 0.6 is 0 Å². The fourth-order valence-corrected chi connectivity index (χ4v) is 2.19. The summed E-state index contributed by atoms with van der Waals surface area (Å²) in [7, 11) is 0. The fourth-order valence-electron chi connectivity index (χ4n) is 2.19. The third-order valence-electron chi connectivity index (χ3n) is 3.71. The summed E-state index contributed by atoms with van der Waals surface area (Å²) in [5.41, 5.74) is 2.61. The highest BCUT2D eigenvalue weighted by atomic mass is 16.1. The van der Waals surface area contributed by atoms with Gasteiger partial charge in [-0.15, -0.1) is 0 Å². The lowest BCUT2D eigenvalue weighted by molar-refractivity contribution is -0.122. The van der Waals surface area contributed by atoms with Gasteiger partial charge in [-0.25, -0.2) is 0 Å². The van der Waals surface area contributed by atoms with Gasteiger partial charge in [0, 0.05) is 12.3 Å². The molecule has 0 saturated carbocycles. The van der Waals surface area contributed by atoms with Crippen LogP contribution in [0.2, 0.25) is 0 Å². The molecule has 0 bridgehead atoms. The maximum atomic E-state index is 11.8. The molecule has 1 nitrogen and oxygen atoms in total. The lowest BCUT2D eigenvalue weighted by atomic mass is 9.85. The Kier molecular flexibility index (Phi) is 4.98. The van der Waals surface area contributed by atoms with Gasteiger partial charge in [-0.3, -0.25) is 4.79 Å². The van der Waals surface area contributed by atoms with Crippen molar-refractivity contribution in [1.29, 1.82) is 0 Å². The molecule has 1 rings (SSSR count). The number of carbonyl (C=O) groups excluding carboxylic acids is 1. The van der Waals surface area contributed by atoms with Gasteiger partial charge in [0.1, 0.15) is 5.78 Å². The molecule has 0 N–H and O–H groups in total. The summed E-state index contributed by atoms with van der Waals surface area (Å²) in [5.74, 6) is 1.21. The predicted molar refractivity (Wildman–Crippen MR) is 69.3 cm³/mol. The monoisotopic (exact) mass is 220 g/mol. The lowest BCUT2D eigenvalue weighted by Crippen LogP contribution is -2.14. The Labute approximate surface area is 99.6 Å². The van der Waals surface area contributed by atoms with Crippen molar-refractivity contribution in [2.75, 3.05) is 0 Å². The maximum Gasteiger partial charge on any atom is 0.136 e. The SMILES string of the molecule is C=C(C)[C@H]1C/C=C(/C)CCC(=O)C(C)CC1. The molecular formula is C15H24O. The molecule has 0 aliphatic heterocycles. The van der Waals surface area contributed by atoms with Crippen molar-refractivity contribution in [3.8, 4) is 0 Å². The van der Waals surface area contributed by atoms with E-state index in [9.17, 15) is 4.79 Å². The summed E-state index contributed by atoms with van der Waals surface area (Å²) in [6, 6.07) is 0. The van der Waals surface area contributed by atoms with Gasteiger partial charge in [0.05, 0.1) is 0 Å². The second-order valence-corrected chi connectivity index (χ2v) is 5.27. The minimum Gasteiger partial charge on any atom is -0.299 e. The molecule has 0 aromatic rings. The van der Waals surface area contributed by atoms with Crippen LogP contribution in [0.4, 0.5) is 0 Å². The molecule has 0 amide bonds. The highest BCUT2D eigenvalue weighted by Crippen LogP contribution is 2.26. The quantitative estimate of drug-likeness (QED) is 0.602. The molecule has 0 aromatic heterocycles. The van der Waals surface area contributed by atoms with Crippen molar-refractivity contribution in [2.24, 2.45) is 11.8 Å². The van der Waals surface area contributed by atoms with E-state index in [0.29, 0.717) is 11.7 Å². The number of carbonyl (C=O) groups is 1. The van der Waals surface area contributed by atoms with Crippen LogP contribution in [-0.2, 0) is 4.79 Å². The molecule has 0 heterocycles. The molecule has 90 valence electrons. The Morgan fingerprint density at radius 2 is 2.06 bits per heavy atom. The van der Waals surface area contributed by atoms with Gasteiger partial charge in [-0.05, 0) is 45.4 Å².